The highest BCUT2D eigenvalue weighted by Gasteiger charge is 1.99. The molecule has 1 N–H and O–H groups in total. The first kappa shape index (κ1) is 16.0. The Balaban J connectivity index is 1.89. The lowest BCUT2D eigenvalue weighted by Gasteiger charge is -2.04. The second kappa shape index (κ2) is 8.13. The van der Waals surface area contributed by atoms with Crippen molar-refractivity contribution in [3.63, 3.8) is 0 Å². The van der Waals surface area contributed by atoms with Crippen molar-refractivity contribution in [2.24, 2.45) is 0 Å². The third-order valence-corrected chi connectivity index (χ3v) is 3.34. The van der Waals surface area contributed by atoms with E-state index in [0.717, 1.165) is 17.7 Å². The standard InChI is InChI=1S/C19H20FNO/c1-2-3-4-15-7-12-18(13-8-15)21-19(22)14-9-16-5-10-17(20)11-6-16/h5-14H,2-4H2,1H3,(H,21,22). The summed E-state index contributed by atoms with van der Waals surface area (Å²) in [4.78, 5) is 11.8. The van der Waals surface area contributed by atoms with Crippen LogP contribution in [0.4, 0.5) is 10.1 Å². The van der Waals surface area contributed by atoms with Gasteiger partial charge in [0.25, 0.3) is 0 Å². The summed E-state index contributed by atoms with van der Waals surface area (Å²) in [6, 6.07) is 13.9. The fraction of sp³-hybridized carbons (Fsp3) is 0.211. The van der Waals surface area contributed by atoms with Crippen LogP contribution in [-0.4, -0.2) is 5.91 Å². The van der Waals surface area contributed by atoms with E-state index in [1.165, 1.54) is 36.6 Å². The Morgan fingerprint density at radius 1 is 1.09 bits per heavy atom. The Morgan fingerprint density at radius 2 is 1.77 bits per heavy atom. The van der Waals surface area contributed by atoms with E-state index >= 15 is 0 Å². The molecule has 0 aliphatic rings. The van der Waals surface area contributed by atoms with E-state index < -0.39 is 0 Å². The topological polar surface area (TPSA) is 29.1 Å². The molecule has 0 saturated heterocycles. The van der Waals surface area contributed by atoms with Crippen LogP contribution in [0.25, 0.3) is 6.08 Å². The van der Waals surface area contributed by atoms with Crippen LogP contribution in [0.5, 0.6) is 0 Å². The summed E-state index contributed by atoms with van der Waals surface area (Å²) in [5, 5.41) is 2.81. The van der Waals surface area contributed by atoms with Crippen LogP contribution in [0.1, 0.15) is 30.9 Å². The minimum atomic E-state index is -0.287. The average Bonchev–Trinajstić information content (AvgIpc) is 2.54. The summed E-state index contributed by atoms with van der Waals surface area (Å²) in [6.07, 6.45) is 6.51. The maximum absolute atomic E-state index is 12.8. The van der Waals surface area contributed by atoms with Crippen molar-refractivity contribution in [2.45, 2.75) is 26.2 Å². The van der Waals surface area contributed by atoms with Gasteiger partial charge in [-0.2, -0.15) is 0 Å². The van der Waals surface area contributed by atoms with Crippen molar-refractivity contribution in [3.8, 4) is 0 Å². The highest BCUT2D eigenvalue weighted by Crippen LogP contribution is 2.12. The van der Waals surface area contributed by atoms with Crippen molar-refractivity contribution >= 4 is 17.7 Å². The predicted octanol–water partition coefficient (Wildman–Crippen LogP) is 4.82. The zero-order valence-corrected chi connectivity index (χ0v) is 12.7. The van der Waals surface area contributed by atoms with E-state index in [2.05, 4.69) is 12.2 Å². The van der Waals surface area contributed by atoms with E-state index in [4.69, 9.17) is 0 Å². The first-order valence-corrected chi connectivity index (χ1v) is 7.51. The van der Waals surface area contributed by atoms with Gasteiger partial charge in [0.05, 0.1) is 0 Å². The minimum Gasteiger partial charge on any atom is -0.323 e. The van der Waals surface area contributed by atoms with Gasteiger partial charge in [0, 0.05) is 11.8 Å². The fourth-order valence-electron chi connectivity index (χ4n) is 2.07. The molecule has 0 aliphatic carbocycles. The second-order valence-corrected chi connectivity index (χ2v) is 5.17. The van der Waals surface area contributed by atoms with Gasteiger partial charge in [0.15, 0.2) is 0 Å². The number of rotatable bonds is 6. The molecular formula is C19H20FNO. The molecule has 2 nitrogen and oxygen atoms in total. The van der Waals surface area contributed by atoms with E-state index in [1.807, 2.05) is 24.3 Å². The number of anilines is 1. The highest BCUT2D eigenvalue weighted by molar-refractivity contribution is 6.01. The van der Waals surface area contributed by atoms with Crippen molar-refractivity contribution in [3.05, 3.63) is 71.6 Å². The van der Waals surface area contributed by atoms with Crippen LogP contribution in [0.3, 0.4) is 0 Å². The number of aryl methyl sites for hydroxylation is 1. The SMILES string of the molecule is CCCCc1ccc(NC(=O)C=Cc2ccc(F)cc2)cc1. The maximum Gasteiger partial charge on any atom is 0.248 e. The smallest absolute Gasteiger partial charge is 0.248 e. The van der Waals surface area contributed by atoms with Gasteiger partial charge in [-0.1, -0.05) is 37.6 Å². The Labute approximate surface area is 130 Å². The Morgan fingerprint density at radius 3 is 2.41 bits per heavy atom. The number of halogens is 1. The summed E-state index contributed by atoms with van der Waals surface area (Å²) in [5.74, 6) is -0.490. The number of amides is 1. The molecule has 0 fully saturated rings. The molecule has 0 spiro atoms. The normalized spacial score (nSPS) is 10.8. The first-order chi connectivity index (χ1) is 10.7. The second-order valence-electron chi connectivity index (χ2n) is 5.17. The first-order valence-electron chi connectivity index (χ1n) is 7.51. The largest absolute Gasteiger partial charge is 0.323 e. The lowest BCUT2D eigenvalue weighted by atomic mass is 10.1. The van der Waals surface area contributed by atoms with Gasteiger partial charge < -0.3 is 5.32 Å². The number of carbonyl (C=O) groups excluding carboxylic acids is 1. The molecule has 2 aromatic carbocycles. The van der Waals surface area contributed by atoms with E-state index in [-0.39, 0.29) is 11.7 Å². The lowest BCUT2D eigenvalue weighted by molar-refractivity contribution is -0.111. The zero-order chi connectivity index (χ0) is 15.8. The molecule has 2 rings (SSSR count). The molecule has 0 aliphatic heterocycles. The van der Waals surface area contributed by atoms with Crippen LogP contribution in [0.15, 0.2) is 54.6 Å². The Hall–Kier alpha value is -2.42. The van der Waals surface area contributed by atoms with E-state index in [1.54, 1.807) is 18.2 Å². The maximum atomic E-state index is 12.8. The summed E-state index contributed by atoms with van der Waals surface area (Å²) in [7, 11) is 0. The van der Waals surface area contributed by atoms with Gasteiger partial charge in [-0.25, -0.2) is 4.39 Å². The van der Waals surface area contributed by atoms with Crippen molar-refractivity contribution in [1.29, 1.82) is 0 Å². The van der Waals surface area contributed by atoms with Crippen molar-refractivity contribution in [1.82, 2.24) is 0 Å². The lowest BCUT2D eigenvalue weighted by Crippen LogP contribution is -2.07. The molecule has 0 aromatic heterocycles. The Bertz CT molecular complexity index is 629. The third kappa shape index (κ3) is 5.17. The van der Waals surface area contributed by atoms with Crippen molar-refractivity contribution < 1.29 is 9.18 Å². The summed E-state index contributed by atoms with van der Waals surface area (Å²) >= 11 is 0. The van der Waals surface area contributed by atoms with Gasteiger partial charge in [-0.05, 0) is 54.3 Å². The number of carbonyl (C=O) groups is 1. The van der Waals surface area contributed by atoms with Crippen LogP contribution in [-0.2, 0) is 11.2 Å². The number of benzene rings is 2. The van der Waals surface area contributed by atoms with E-state index in [9.17, 15) is 9.18 Å². The van der Waals surface area contributed by atoms with Crippen LogP contribution < -0.4 is 5.32 Å². The zero-order valence-electron chi connectivity index (χ0n) is 12.7. The Kier molecular flexibility index (Phi) is 5.90. The predicted molar refractivity (Wildman–Crippen MR) is 89.1 cm³/mol. The number of hydrogen-bond acceptors (Lipinski definition) is 1. The molecular weight excluding hydrogens is 277 g/mol. The molecule has 0 unspecified atom stereocenters. The van der Waals surface area contributed by atoms with Crippen LogP contribution in [0.2, 0.25) is 0 Å². The van der Waals surface area contributed by atoms with Crippen LogP contribution in [0, 0.1) is 5.82 Å². The number of unbranched alkanes of at least 4 members (excludes halogenated alkanes) is 1. The third-order valence-electron chi connectivity index (χ3n) is 3.34. The van der Waals surface area contributed by atoms with Crippen LogP contribution >= 0.6 is 0 Å². The van der Waals surface area contributed by atoms with Gasteiger partial charge in [0.2, 0.25) is 5.91 Å². The van der Waals surface area contributed by atoms with Gasteiger partial charge in [-0.15, -0.1) is 0 Å². The molecule has 3 heteroatoms. The highest BCUT2D eigenvalue weighted by atomic mass is 19.1. The minimum absolute atomic E-state index is 0.203. The molecule has 1 amide bonds. The van der Waals surface area contributed by atoms with Crippen molar-refractivity contribution in [2.75, 3.05) is 5.32 Å². The summed E-state index contributed by atoms with van der Waals surface area (Å²) < 4.78 is 12.8. The van der Waals surface area contributed by atoms with Gasteiger partial charge >= 0.3 is 0 Å². The molecule has 22 heavy (non-hydrogen) atoms. The molecule has 0 atom stereocenters. The molecule has 0 radical (unpaired) electrons. The van der Waals surface area contributed by atoms with Gasteiger partial charge in [-0.3, -0.25) is 4.79 Å². The fourth-order valence-corrected chi connectivity index (χ4v) is 2.07. The number of hydrogen-bond donors (Lipinski definition) is 1. The number of nitrogens with one attached hydrogen (secondary N) is 1. The molecule has 0 saturated carbocycles. The summed E-state index contributed by atoms with van der Waals surface area (Å²) in [5.41, 5.74) is 2.84. The molecule has 0 bridgehead atoms. The summed E-state index contributed by atoms with van der Waals surface area (Å²) in [6.45, 7) is 2.17. The average molecular weight is 297 g/mol. The monoisotopic (exact) mass is 297 g/mol. The quantitative estimate of drug-likeness (QED) is 0.761. The molecule has 2 aromatic rings. The molecule has 0 heterocycles. The molecule has 114 valence electrons. The van der Waals surface area contributed by atoms with E-state index in [0.29, 0.717) is 0 Å². The van der Waals surface area contributed by atoms with Gasteiger partial charge in [0.1, 0.15) is 5.82 Å².